The van der Waals surface area contributed by atoms with Gasteiger partial charge in [-0.15, -0.1) is 0 Å². The number of esters is 1. The van der Waals surface area contributed by atoms with E-state index in [-0.39, 0.29) is 12.0 Å². The minimum atomic E-state index is -0.0440. The molecule has 1 aromatic rings. The summed E-state index contributed by atoms with van der Waals surface area (Å²) < 4.78 is 10.5. The molecule has 21 heavy (non-hydrogen) atoms. The van der Waals surface area contributed by atoms with Gasteiger partial charge in [-0.3, -0.25) is 0 Å². The number of nitrogens with one attached hydrogen (secondary N) is 1. The van der Waals surface area contributed by atoms with Crippen molar-refractivity contribution >= 4 is 5.97 Å². The van der Waals surface area contributed by atoms with Crippen molar-refractivity contribution in [3.8, 4) is 5.75 Å². The van der Waals surface area contributed by atoms with Gasteiger partial charge in [0.15, 0.2) is 6.04 Å². The predicted molar refractivity (Wildman–Crippen MR) is 81.5 cm³/mol. The Hall–Kier alpha value is -1.55. The molecule has 0 amide bonds. The fourth-order valence-electron chi connectivity index (χ4n) is 3.13. The van der Waals surface area contributed by atoms with E-state index in [4.69, 9.17) is 9.47 Å². The second kappa shape index (κ2) is 7.46. The second-order valence-corrected chi connectivity index (χ2v) is 5.69. The molecule has 0 spiro atoms. The van der Waals surface area contributed by atoms with Crippen LogP contribution in [0.15, 0.2) is 18.2 Å². The molecular formula is C17H26NO3+. The van der Waals surface area contributed by atoms with Crippen LogP contribution in [0, 0.1) is 6.92 Å². The van der Waals surface area contributed by atoms with E-state index in [0.29, 0.717) is 6.61 Å². The Morgan fingerprint density at radius 3 is 2.86 bits per heavy atom. The third-order valence-corrected chi connectivity index (χ3v) is 4.20. The van der Waals surface area contributed by atoms with Crippen LogP contribution >= 0.6 is 0 Å². The van der Waals surface area contributed by atoms with E-state index in [1.54, 1.807) is 7.11 Å². The van der Waals surface area contributed by atoms with E-state index in [2.05, 4.69) is 19.1 Å². The Kier molecular flexibility index (Phi) is 5.62. The molecule has 0 aliphatic carbocycles. The first-order valence-corrected chi connectivity index (χ1v) is 7.80. The standard InChI is InChI=1S/C17H25NO3/c1-4-21-17(19)15-7-5-6-10-18(15)12-14-8-9-16(20-3)13(2)11-14/h8-9,11,15H,4-7,10,12H2,1-3H3/p+1/t15-/m1/s1. The number of carbonyl (C=O) groups excluding carboxylic acids is 1. The fraction of sp³-hybridized carbons (Fsp3) is 0.588. The molecule has 4 nitrogen and oxygen atoms in total. The van der Waals surface area contributed by atoms with Crippen molar-refractivity contribution in [2.24, 2.45) is 0 Å². The molecular weight excluding hydrogens is 266 g/mol. The summed E-state index contributed by atoms with van der Waals surface area (Å²) >= 11 is 0. The van der Waals surface area contributed by atoms with Gasteiger partial charge in [0.05, 0.1) is 20.3 Å². The molecule has 116 valence electrons. The SMILES string of the molecule is CCOC(=O)[C@H]1CCCC[NH+]1Cc1ccc(OC)c(C)c1. The maximum absolute atomic E-state index is 12.1. The maximum Gasteiger partial charge on any atom is 0.364 e. The molecule has 1 fully saturated rings. The number of methoxy groups -OCH3 is 1. The molecule has 0 radical (unpaired) electrons. The fourth-order valence-corrected chi connectivity index (χ4v) is 3.13. The number of hydrogen-bond donors (Lipinski definition) is 1. The second-order valence-electron chi connectivity index (χ2n) is 5.69. The molecule has 0 saturated carbocycles. The van der Waals surface area contributed by atoms with Crippen molar-refractivity contribution in [3.63, 3.8) is 0 Å². The lowest BCUT2D eigenvalue weighted by atomic mass is 10.0. The lowest BCUT2D eigenvalue weighted by Gasteiger charge is -2.31. The molecule has 1 heterocycles. The normalized spacial score (nSPS) is 21.9. The average molecular weight is 292 g/mol. The van der Waals surface area contributed by atoms with Crippen molar-refractivity contribution < 1.29 is 19.2 Å². The maximum atomic E-state index is 12.1. The number of carbonyl (C=O) groups is 1. The van der Waals surface area contributed by atoms with Crippen LogP contribution in [0.2, 0.25) is 0 Å². The van der Waals surface area contributed by atoms with Crippen LogP contribution in [0.1, 0.15) is 37.3 Å². The molecule has 2 atom stereocenters. The van der Waals surface area contributed by atoms with Gasteiger partial charge in [0, 0.05) is 12.0 Å². The Morgan fingerprint density at radius 1 is 1.38 bits per heavy atom. The topological polar surface area (TPSA) is 40.0 Å². The zero-order valence-electron chi connectivity index (χ0n) is 13.3. The monoisotopic (exact) mass is 292 g/mol. The lowest BCUT2D eigenvalue weighted by molar-refractivity contribution is -0.935. The first-order chi connectivity index (χ1) is 10.2. The number of benzene rings is 1. The van der Waals surface area contributed by atoms with Gasteiger partial charge in [-0.1, -0.05) is 0 Å². The molecule has 2 rings (SSSR count). The van der Waals surface area contributed by atoms with E-state index >= 15 is 0 Å². The van der Waals surface area contributed by atoms with E-state index in [9.17, 15) is 4.79 Å². The number of rotatable bonds is 5. The highest BCUT2D eigenvalue weighted by atomic mass is 16.5. The van der Waals surface area contributed by atoms with E-state index in [1.807, 2.05) is 13.0 Å². The van der Waals surface area contributed by atoms with Crippen molar-refractivity contribution in [3.05, 3.63) is 29.3 Å². The molecule has 1 unspecified atom stereocenters. The van der Waals surface area contributed by atoms with Crippen molar-refractivity contribution in [1.29, 1.82) is 0 Å². The highest BCUT2D eigenvalue weighted by Crippen LogP contribution is 2.18. The summed E-state index contributed by atoms with van der Waals surface area (Å²) in [5, 5.41) is 0. The van der Waals surface area contributed by atoms with Crippen LogP contribution in [0.4, 0.5) is 0 Å². The van der Waals surface area contributed by atoms with Gasteiger partial charge in [-0.2, -0.15) is 0 Å². The van der Waals surface area contributed by atoms with Gasteiger partial charge in [0.1, 0.15) is 12.3 Å². The van der Waals surface area contributed by atoms with Crippen LogP contribution < -0.4 is 9.64 Å². The number of likely N-dealkylation sites (tertiary alicyclic amines) is 1. The van der Waals surface area contributed by atoms with Crippen LogP contribution in [0.25, 0.3) is 0 Å². The number of hydrogen-bond acceptors (Lipinski definition) is 3. The molecule has 0 aromatic heterocycles. The number of quaternary nitrogens is 1. The van der Waals surface area contributed by atoms with E-state index in [1.165, 1.54) is 16.9 Å². The summed E-state index contributed by atoms with van der Waals surface area (Å²) in [6.07, 6.45) is 3.23. The van der Waals surface area contributed by atoms with Crippen LogP contribution in [-0.4, -0.2) is 32.3 Å². The van der Waals surface area contributed by atoms with Gasteiger partial charge < -0.3 is 14.4 Å². The first kappa shape index (κ1) is 15.8. The third-order valence-electron chi connectivity index (χ3n) is 4.20. The van der Waals surface area contributed by atoms with Gasteiger partial charge in [-0.25, -0.2) is 4.79 Å². The minimum Gasteiger partial charge on any atom is -0.496 e. The predicted octanol–water partition coefficient (Wildman–Crippen LogP) is 1.50. The molecule has 1 saturated heterocycles. The van der Waals surface area contributed by atoms with Crippen LogP contribution in [-0.2, 0) is 16.1 Å². The average Bonchev–Trinajstić information content (AvgIpc) is 2.48. The molecule has 4 heteroatoms. The third kappa shape index (κ3) is 3.97. The highest BCUT2D eigenvalue weighted by Gasteiger charge is 2.33. The summed E-state index contributed by atoms with van der Waals surface area (Å²) in [5.74, 6) is 0.867. The van der Waals surface area contributed by atoms with Gasteiger partial charge in [0.2, 0.25) is 0 Å². The van der Waals surface area contributed by atoms with Crippen LogP contribution in [0.3, 0.4) is 0 Å². The smallest absolute Gasteiger partial charge is 0.364 e. The first-order valence-electron chi connectivity index (χ1n) is 7.80. The summed E-state index contributed by atoms with van der Waals surface area (Å²) in [6, 6.07) is 6.24. The van der Waals surface area contributed by atoms with Crippen molar-refractivity contribution in [2.75, 3.05) is 20.3 Å². The Morgan fingerprint density at radius 2 is 2.19 bits per heavy atom. The highest BCUT2D eigenvalue weighted by molar-refractivity contribution is 5.74. The molecule has 1 aliphatic rings. The van der Waals surface area contributed by atoms with Gasteiger partial charge >= 0.3 is 5.97 Å². The Bertz CT molecular complexity index is 487. The zero-order chi connectivity index (χ0) is 15.2. The quantitative estimate of drug-likeness (QED) is 0.836. The molecule has 0 bridgehead atoms. The zero-order valence-corrected chi connectivity index (χ0v) is 13.3. The summed E-state index contributed by atoms with van der Waals surface area (Å²) in [5.41, 5.74) is 2.39. The largest absolute Gasteiger partial charge is 0.496 e. The lowest BCUT2D eigenvalue weighted by Crippen LogP contribution is -3.16. The molecule has 1 aromatic carbocycles. The summed E-state index contributed by atoms with van der Waals surface area (Å²) in [7, 11) is 1.69. The summed E-state index contributed by atoms with van der Waals surface area (Å²) in [4.78, 5) is 13.4. The van der Waals surface area contributed by atoms with Gasteiger partial charge in [0.25, 0.3) is 0 Å². The minimum absolute atomic E-state index is 0.0129. The molecule has 1 aliphatic heterocycles. The van der Waals surface area contributed by atoms with E-state index < -0.39 is 0 Å². The van der Waals surface area contributed by atoms with Crippen molar-refractivity contribution in [2.45, 2.75) is 45.7 Å². The summed E-state index contributed by atoms with van der Waals surface area (Å²) in [6.45, 7) is 6.29. The Balaban J connectivity index is 2.08. The Labute approximate surface area is 127 Å². The number of ether oxygens (including phenoxy) is 2. The van der Waals surface area contributed by atoms with Crippen molar-refractivity contribution in [1.82, 2.24) is 0 Å². The number of aryl methyl sites for hydroxylation is 1. The molecule has 1 N–H and O–H groups in total. The van der Waals surface area contributed by atoms with E-state index in [0.717, 1.165) is 37.2 Å². The van der Waals surface area contributed by atoms with Gasteiger partial charge in [-0.05, 0) is 50.5 Å². The van der Waals surface area contributed by atoms with Crippen LogP contribution in [0.5, 0.6) is 5.75 Å². The number of piperidine rings is 1.